The zero-order chi connectivity index (χ0) is 11.3. The number of rotatable bonds is 5. The summed E-state index contributed by atoms with van der Waals surface area (Å²) in [5.41, 5.74) is 0.833. The molecule has 1 N–H and O–H groups in total. The van der Waals surface area contributed by atoms with Crippen molar-refractivity contribution in [2.24, 2.45) is 0 Å². The largest absolute Gasteiger partial charge is 0.310 e. The Balaban J connectivity index is 2.68. The lowest BCUT2D eigenvalue weighted by atomic mass is 10.3. The summed E-state index contributed by atoms with van der Waals surface area (Å²) < 4.78 is 0. The highest BCUT2D eigenvalue weighted by molar-refractivity contribution is 7.99. The summed E-state index contributed by atoms with van der Waals surface area (Å²) >= 11 is 1.82. The molecule has 84 valence electrons. The van der Waals surface area contributed by atoms with Gasteiger partial charge in [0.2, 0.25) is 0 Å². The van der Waals surface area contributed by atoms with E-state index in [4.69, 9.17) is 0 Å². The Morgan fingerprint density at radius 1 is 1.53 bits per heavy atom. The van der Waals surface area contributed by atoms with E-state index in [2.05, 4.69) is 23.8 Å². The summed E-state index contributed by atoms with van der Waals surface area (Å²) in [6, 6.07) is 1.57. The van der Waals surface area contributed by atoms with Gasteiger partial charge in [-0.15, -0.1) is 0 Å². The summed E-state index contributed by atoms with van der Waals surface area (Å²) in [6.45, 7) is 6.36. The van der Waals surface area contributed by atoms with Gasteiger partial charge in [0.05, 0.1) is 5.75 Å². The molecule has 1 aromatic rings. The fourth-order valence-electron chi connectivity index (χ4n) is 1.15. The van der Waals surface area contributed by atoms with E-state index in [1.54, 1.807) is 6.07 Å². The molecular weight excluding hydrogens is 208 g/mol. The number of hydrogen-bond acceptors (Lipinski definition) is 3. The van der Waals surface area contributed by atoms with E-state index in [0.29, 0.717) is 5.25 Å². The minimum Gasteiger partial charge on any atom is -0.310 e. The Kier molecular flexibility index (Phi) is 4.88. The lowest BCUT2D eigenvalue weighted by molar-refractivity contribution is 0.890. The SMILES string of the molecule is CCc1cc(=O)[nH]c(CSC(C)CC)n1. The average Bonchev–Trinajstić information content (AvgIpc) is 2.25. The van der Waals surface area contributed by atoms with E-state index in [-0.39, 0.29) is 5.56 Å². The van der Waals surface area contributed by atoms with Crippen molar-refractivity contribution in [2.45, 2.75) is 44.6 Å². The van der Waals surface area contributed by atoms with Gasteiger partial charge < -0.3 is 4.98 Å². The molecule has 1 aromatic heterocycles. The van der Waals surface area contributed by atoms with Crippen LogP contribution in [0.15, 0.2) is 10.9 Å². The standard InChI is InChI=1S/C11H18N2OS/c1-4-8(3)15-7-10-12-9(5-2)6-11(14)13-10/h6,8H,4-5,7H2,1-3H3,(H,12,13,14). The molecule has 0 aliphatic carbocycles. The molecule has 1 rings (SSSR count). The molecule has 0 aliphatic heterocycles. The van der Waals surface area contributed by atoms with Gasteiger partial charge in [0.25, 0.3) is 5.56 Å². The van der Waals surface area contributed by atoms with Gasteiger partial charge in [0, 0.05) is 17.0 Å². The van der Waals surface area contributed by atoms with E-state index < -0.39 is 0 Å². The fraction of sp³-hybridized carbons (Fsp3) is 0.636. The molecule has 0 amide bonds. The molecule has 4 heteroatoms. The Labute approximate surface area is 94.7 Å². The minimum absolute atomic E-state index is 0.0402. The maximum Gasteiger partial charge on any atom is 0.251 e. The summed E-state index contributed by atoms with van der Waals surface area (Å²) in [6.07, 6.45) is 1.95. The van der Waals surface area contributed by atoms with Gasteiger partial charge in [-0.05, 0) is 12.8 Å². The maximum absolute atomic E-state index is 11.3. The van der Waals surface area contributed by atoms with Crippen LogP contribution in [0.5, 0.6) is 0 Å². The third kappa shape index (κ3) is 4.08. The summed E-state index contributed by atoms with van der Waals surface area (Å²) in [4.78, 5) is 18.4. The van der Waals surface area contributed by atoms with Crippen LogP contribution in [-0.4, -0.2) is 15.2 Å². The van der Waals surface area contributed by atoms with Crippen molar-refractivity contribution in [1.82, 2.24) is 9.97 Å². The Morgan fingerprint density at radius 3 is 2.87 bits per heavy atom. The molecule has 1 atom stereocenters. The van der Waals surface area contributed by atoms with Crippen LogP contribution >= 0.6 is 11.8 Å². The predicted molar refractivity (Wildman–Crippen MR) is 65.3 cm³/mol. The molecule has 0 aromatic carbocycles. The number of H-pyrrole nitrogens is 1. The predicted octanol–water partition coefficient (Wildman–Crippen LogP) is 2.36. The molecule has 0 radical (unpaired) electrons. The molecule has 15 heavy (non-hydrogen) atoms. The van der Waals surface area contributed by atoms with Crippen molar-refractivity contribution < 1.29 is 0 Å². The number of aryl methyl sites for hydroxylation is 1. The van der Waals surface area contributed by atoms with E-state index in [1.165, 1.54) is 0 Å². The number of thioether (sulfide) groups is 1. The lowest BCUT2D eigenvalue weighted by Crippen LogP contribution is -2.12. The number of nitrogens with zero attached hydrogens (tertiary/aromatic N) is 1. The number of aromatic amines is 1. The van der Waals surface area contributed by atoms with Crippen LogP contribution in [0.3, 0.4) is 0 Å². The average molecular weight is 226 g/mol. The van der Waals surface area contributed by atoms with Crippen molar-refractivity contribution in [3.8, 4) is 0 Å². The van der Waals surface area contributed by atoms with Gasteiger partial charge in [0.15, 0.2) is 0 Å². The van der Waals surface area contributed by atoms with Crippen LogP contribution in [0.1, 0.15) is 38.7 Å². The van der Waals surface area contributed by atoms with E-state index in [1.807, 2.05) is 18.7 Å². The Hall–Kier alpha value is -0.770. The Bertz CT molecular complexity index is 362. The molecule has 0 spiro atoms. The molecule has 1 unspecified atom stereocenters. The van der Waals surface area contributed by atoms with Crippen molar-refractivity contribution in [1.29, 1.82) is 0 Å². The second-order valence-corrected chi connectivity index (χ2v) is 4.99. The smallest absolute Gasteiger partial charge is 0.251 e. The third-order valence-corrected chi connectivity index (χ3v) is 3.63. The van der Waals surface area contributed by atoms with Gasteiger partial charge in [-0.1, -0.05) is 20.8 Å². The van der Waals surface area contributed by atoms with E-state index in [9.17, 15) is 4.79 Å². The monoisotopic (exact) mass is 226 g/mol. The molecule has 0 saturated carbocycles. The fourth-order valence-corrected chi connectivity index (χ4v) is 1.97. The van der Waals surface area contributed by atoms with Crippen LogP contribution < -0.4 is 5.56 Å². The molecule has 0 aliphatic rings. The van der Waals surface area contributed by atoms with E-state index >= 15 is 0 Å². The van der Waals surface area contributed by atoms with Crippen molar-refractivity contribution in [3.63, 3.8) is 0 Å². The quantitative estimate of drug-likeness (QED) is 0.838. The van der Waals surface area contributed by atoms with Crippen LogP contribution in [0.2, 0.25) is 0 Å². The van der Waals surface area contributed by atoms with Crippen molar-refractivity contribution in [3.05, 3.63) is 27.9 Å². The van der Waals surface area contributed by atoms with Crippen LogP contribution in [0.25, 0.3) is 0 Å². The molecule has 0 fully saturated rings. The summed E-state index contributed by atoms with van der Waals surface area (Å²) in [5.74, 6) is 1.59. The highest BCUT2D eigenvalue weighted by Crippen LogP contribution is 2.17. The van der Waals surface area contributed by atoms with Crippen LogP contribution in [0.4, 0.5) is 0 Å². The minimum atomic E-state index is -0.0402. The molecular formula is C11H18N2OS. The first-order valence-corrected chi connectivity index (χ1v) is 6.41. The zero-order valence-corrected chi connectivity index (χ0v) is 10.4. The third-order valence-electron chi connectivity index (χ3n) is 2.29. The van der Waals surface area contributed by atoms with Gasteiger partial charge in [-0.2, -0.15) is 11.8 Å². The maximum atomic E-state index is 11.3. The number of nitrogens with one attached hydrogen (secondary N) is 1. The first-order chi connectivity index (χ1) is 7.15. The molecule has 0 saturated heterocycles. The van der Waals surface area contributed by atoms with Gasteiger partial charge in [0.1, 0.15) is 5.82 Å². The van der Waals surface area contributed by atoms with E-state index in [0.717, 1.165) is 30.1 Å². The van der Waals surface area contributed by atoms with Gasteiger partial charge >= 0.3 is 0 Å². The first kappa shape index (κ1) is 12.3. The highest BCUT2D eigenvalue weighted by atomic mass is 32.2. The van der Waals surface area contributed by atoms with Crippen LogP contribution in [0, 0.1) is 0 Å². The summed E-state index contributed by atoms with van der Waals surface area (Å²) in [7, 11) is 0. The van der Waals surface area contributed by atoms with Gasteiger partial charge in [-0.25, -0.2) is 4.98 Å². The Morgan fingerprint density at radius 2 is 2.27 bits per heavy atom. The first-order valence-electron chi connectivity index (χ1n) is 5.36. The lowest BCUT2D eigenvalue weighted by Gasteiger charge is -2.07. The van der Waals surface area contributed by atoms with Gasteiger partial charge in [-0.3, -0.25) is 4.79 Å². The zero-order valence-electron chi connectivity index (χ0n) is 9.54. The summed E-state index contributed by atoms with van der Waals surface area (Å²) in [5, 5.41) is 0.612. The van der Waals surface area contributed by atoms with Crippen molar-refractivity contribution in [2.75, 3.05) is 0 Å². The van der Waals surface area contributed by atoms with Crippen molar-refractivity contribution >= 4 is 11.8 Å². The molecule has 0 bridgehead atoms. The van der Waals surface area contributed by atoms with Crippen LogP contribution in [-0.2, 0) is 12.2 Å². The molecule has 1 heterocycles. The topological polar surface area (TPSA) is 45.8 Å². The molecule has 3 nitrogen and oxygen atoms in total. The highest BCUT2D eigenvalue weighted by Gasteiger charge is 2.03. The second-order valence-electron chi connectivity index (χ2n) is 3.57. The number of hydrogen-bond donors (Lipinski definition) is 1. The second kappa shape index (κ2) is 5.95. The number of aromatic nitrogens is 2. The normalized spacial score (nSPS) is 12.7.